The van der Waals surface area contributed by atoms with Gasteiger partial charge in [-0.15, -0.1) is 0 Å². The van der Waals surface area contributed by atoms with E-state index in [1.54, 1.807) is 19.9 Å². The Labute approximate surface area is 142 Å². The van der Waals surface area contributed by atoms with Crippen molar-refractivity contribution in [1.29, 1.82) is 0 Å². The van der Waals surface area contributed by atoms with E-state index in [0.29, 0.717) is 16.8 Å². The maximum absolute atomic E-state index is 12.1. The summed E-state index contributed by atoms with van der Waals surface area (Å²) in [7, 11) is 0. The number of nitro groups is 2. The zero-order chi connectivity index (χ0) is 18.6. The van der Waals surface area contributed by atoms with Gasteiger partial charge < -0.3 is 0 Å². The summed E-state index contributed by atoms with van der Waals surface area (Å²) in [5, 5.41) is 25.6. The van der Waals surface area contributed by atoms with Gasteiger partial charge in [0.05, 0.1) is 15.6 Å². The number of nitro benzene ring substituents is 2. The summed E-state index contributed by atoms with van der Waals surface area (Å²) in [6, 6.07) is 9.91. The number of nitrogens with zero attached hydrogens (tertiary/aromatic N) is 3. The van der Waals surface area contributed by atoms with Gasteiger partial charge in [0, 0.05) is 34.9 Å². The van der Waals surface area contributed by atoms with Crippen LogP contribution in [-0.4, -0.2) is 21.5 Å². The molecule has 128 valence electrons. The van der Waals surface area contributed by atoms with E-state index in [2.05, 4.69) is 10.5 Å². The van der Waals surface area contributed by atoms with Crippen LogP contribution in [0.2, 0.25) is 0 Å². The van der Waals surface area contributed by atoms with E-state index in [4.69, 9.17) is 0 Å². The standard InChI is InChI=1S/C16H14N4O5/c1-10-6-7-13(9-15(10)20(24)25)16(21)18-17-11(2)12-4-3-5-14(8-12)19(22)23/h3-9H,1-2H3,(H,18,21)/b17-11-. The minimum atomic E-state index is -0.618. The first-order chi connectivity index (χ1) is 11.8. The zero-order valence-corrected chi connectivity index (χ0v) is 13.4. The highest BCUT2D eigenvalue weighted by molar-refractivity contribution is 6.01. The van der Waals surface area contributed by atoms with E-state index in [-0.39, 0.29) is 16.9 Å². The molecule has 0 bridgehead atoms. The summed E-state index contributed by atoms with van der Waals surface area (Å²) in [5.74, 6) is -0.618. The zero-order valence-electron chi connectivity index (χ0n) is 13.4. The number of benzene rings is 2. The fourth-order valence-electron chi connectivity index (χ4n) is 2.06. The molecule has 9 heteroatoms. The highest BCUT2D eigenvalue weighted by atomic mass is 16.6. The molecule has 25 heavy (non-hydrogen) atoms. The van der Waals surface area contributed by atoms with E-state index in [1.807, 2.05) is 0 Å². The third-order valence-corrected chi connectivity index (χ3v) is 3.47. The van der Waals surface area contributed by atoms with E-state index in [0.717, 1.165) is 0 Å². The summed E-state index contributed by atoms with van der Waals surface area (Å²) in [5.41, 5.74) is 3.41. The molecule has 0 saturated heterocycles. The van der Waals surface area contributed by atoms with Crippen LogP contribution in [0.4, 0.5) is 11.4 Å². The molecule has 2 aromatic rings. The van der Waals surface area contributed by atoms with Gasteiger partial charge >= 0.3 is 0 Å². The molecule has 9 nitrogen and oxygen atoms in total. The topological polar surface area (TPSA) is 128 Å². The van der Waals surface area contributed by atoms with Crippen LogP contribution in [0.25, 0.3) is 0 Å². The predicted octanol–water partition coefficient (Wildman–Crippen LogP) is 2.97. The van der Waals surface area contributed by atoms with Crippen molar-refractivity contribution < 1.29 is 14.6 Å². The lowest BCUT2D eigenvalue weighted by atomic mass is 10.1. The predicted molar refractivity (Wildman–Crippen MR) is 90.6 cm³/mol. The highest BCUT2D eigenvalue weighted by Gasteiger charge is 2.15. The Balaban J connectivity index is 2.19. The number of amides is 1. The molecule has 0 aliphatic carbocycles. The Morgan fingerprint density at radius 2 is 1.76 bits per heavy atom. The van der Waals surface area contributed by atoms with Crippen LogP contribution in [0.1, 0.15) is 28.4 Å². The lowest BCUT2D eigenvalue weighted by Crippen LogP contribution is -2.19. The molecule has 0 fully saturated rings. The highest BCUT2D eigenvalue weighted by Crippen LogP contribution is 2.19. The number of hydrazone groups is 1. The van der Waals surface area contributed by atoms with Crippen molar-refractivity contribution in [3.8, 4) is 0 Å². The van der Waals surface area contributed by atoms with Gasteiger partial charge in [-0.3, -0.25) is 25.0 Å². The summed E-state index contributed by atoms with van der Waals surface area (Å²) in [4.78, 5) is 32.7. The fourth-order valence-corrected chi connectivity index (χ4v) is 2.06. The number of carbonyl (C=O) groups is 1. The van der Waals surface area contributed by atoms with Crippen LogP contribution < -0.4 is 5.43 Å². The average molecular weight is 342 g/mol. The molecule has 0 aromatic heterocycles. The SMILES string of the molecule is C/C(=N/NC(=O)c1ccc(C)c([N+](=O)[O-])c1)c1cccc([N+](=O)[O-])c1. The third-order valence-electron chi connectivity index (χ3n) is 3.47. The first kappa shape index (κ1) is 17.7. The quantitative estimate of drug-likeness (QED) is 0.507. The van der Waals surface area contributed by atoms with Gasteiger partial charge in [-0.25, -0.2) is 5.43 Å². The molecule has 1 N–H and O–H groups in total. The van der Waals surface area contributed by atoms with Crippen LogP contribution in [0.3, 0.4) is 0 Å². The smallest absolute Gasteiger partial charge is 0.267 e. The van der Waals surface area contributed by atoms with Gasteiger partial charge in [-0.2, -0.15) is 5.10 Å². The normalized spacial score (nSPS) is 11.0. The van der Waals surface area contributed by atoms with Crippen LogP contribution in [-0.2, 0) is 0 Å². The summed E-state index contributed by atoms with van der Waals surface area (Å²) in [6.07, 6.45) is 0. The van der Waals surface area contributed by atoms with Gasteiger partial charge in [0.25, 0.3) is 17.3 Å². The lowest BCUT2D eigenvalue weighted by Gasteiger charge is -2.04. The second-order valence-electron chi connectivity index (χ2n) is 5.20. The Morgan fingerprint density at radius 1 is 1.04 bits per heavy atom. The summed E-state index contributed by atoms with van der Waals surface area (Å²) >= 11 is 0. The van der Waals surface area contributed by atoms with Gasteiger partial charge in [-0.05, 0) is 19.9 Å². The molecule has 0 radical (unpaired) electrons. The minimum absolute atomic E-state index is 0.0902. The first-order valence-electron chi connectivity index (χ1n) is 7.14. The van der Waals surface area contributed by atoms with E-state index < -0.39 is 15.8 Å². The van der Waals surface area contributed by atoms with Gasteiger partial charge in [0.15, 0.2) is 0 Å². The number of carbonyl (C=O) groups excluding carboxylic acids is 1. The average Bonchev–Trinajstić information content (AvgIpc) is 2.59. The Bertz CT molecular complexity index is 892. The number of aryl methyl sites for hydroxylation is 1. The number of nitrogens with one attached hydrogen (secondary N) is 1. The lowest BCUT2D eigenvalue weighted by molar-refractivity contribution is -0.385. The number of hydrogen-bond donors (Lipinski definition) is 1. The molecule has 2 rings (SSSR count). The minimum Gasteiger partial charge on any atom is -0.267 e. The number of hydrogen-bond acceptors (Lipinski definition) is 6. The molecule has 0 heterocycles. The van der Waals surface area contributed by atoms with Crippen molar-refractivity contribution in [1.82, 2.24) is 5.43 Å². The largest absolute Gasteiger partial charge is 0.273 e. The van der Waals surface area contributed by atoms with Gasteiger partial charge in [-0.1, -0.05) is 18.2 Å². The van der Waals surface area contributed by atoms with E-state index >= 15 is 0 Å². The molecule has 0 unspecified atom stereocenters. The van der Waals surface area contributed by atoms with Gasteiger partial charge in [0.1, 0.15) is 0 Å². The van der Waals surface area contributed by atoms with Crippen molar-refractivity contribution in [3.05, 3.63) is 79.4 Å². The second kappa shape index (κ2) is 7.30. The molecular formula is C16H14N4O5. The molecule has 2 aromatic carbocycles. The molecule has 0 atom stereocenters. The number of rotatable bonds is 5. The van der Waals surface area contributed by atoms with E-state index in [1.165, 1.54) is 36.4 Å². The molecule has 0 spiro atoms. The van der Waals surface area contributed by atoms with Crippen LogP contribution in [0.5, 0.6) is 0 Å². The third kappa shape index (κ3) is 4.22. The van der Waals surface area contributed by atoms with Gasteiger partial charge in [0.2, 0.25) is 0 Å². The maximum atomic E-state index is 12.1. The number of non-ortho nitro benzene ring substituents is 1. The molecule has 0 aliphatic rings. The Morgan fingerprint density at radius 3 is 2.40 bits per heavy atom. The van der Waals surface area contributed by atoms with Crippen molar-refractivity contribution in [2.24, 2.45) is 5.10 Å². The molecule has 1 amide bonds. The fraction of sp³-hybridized carbons (Fsp3) is 0.125. The van der Waals surface area contributed by atoms with E-state index in [9.17, 15) is 25.0 Å². The van der Waals surface area contributed by atoms with Crippen LogP contribution in [0.15, 0.2) is 47.6 Å². The van der Waals surface area contributed by atoms with Crippen molar-refractivity contribution in [3.63, 3.8) is 0 Å². The Kier molecular flexibility index (Phi) is 5.18. The van der Waals surface area contributed by atoms with Crippen LogP contribution >= 0.6 is 0 Å². The monoisotopic (exact) mass is 342 g/mol. The summed E-state index contributed by atoms with van der Waals surface area (Å²) in [6.45, 7) is 3.15. The maximum Gasteiger partial charge on any atom is 0.273 e. The summed E-state index contributed by atoms with van der Waals surface area (Å²) < 4.78 is 0. The second-order valence-corrected chi connectivity index (χ2v) is 5.20. The molecular weight excluding hydrogens is 328 g/mol. The van der Waals surface area contributed by atoms with Crippen molar-refractivity contribution in [2.75, 3.05) is 0 Å². The van der Waals surface area contributed by atoms with Crippen LogP contribution in [0, 0.1) is 27.2 Å². The Hall–Kier alpha value is -3.62. The molecule has 0 saturated carbocycles. The molecule has 0 aliphatic heterocycles. The first-order valence-corrected chi connectivity index (χ1v) is 7.14. The van der Waals surface area contributed by atoms with Crippen molar-refractivity contribution in [2.45, 2.75) is 13.8 Å². The van der Waals surface area contributed by atoms with Crippen molar-refractivity contribution >= 4 is 23.0 Å².